The number of aryl methyl sites for hydroxylation is 1. The highest BCUT2D eigenvalue weighted by Crippen LogP contribution is 2.33. The molecular weight excluding hydrogens is 282 g/mol. The van der Waals surface area contributed by atoms with Crippen LogP contribution in [0.5, 0.6) is 0 Å². The third kappa shape index (κ3) is 2.59. The summed E-state index contributed by atoms with van der Waals surface area (Å²) in [5.41, 5.74) is 0.545. The summed E-state index contributed by atoms with van der Waals surface area (Å²) in [6.07, 6.45) is 2.35. The number of nitrogens with one attached hydrogen (secondary N) is 1. The number of amides is 1. The maximum absolute atomic E-state index is 12.4. The fourth-order valence-corrected chi connectivity index (χ4v) is 2.68. The van der Waals surface area contributed by atoms with E-state index >= 15 is 0 Å². The van der Waals surface area contributed by atoms with Crippen molar-refractivity contribution in [2.45, 2.75) is 25.9 Å². The van der Waals surface area contributed by atoms with Gasteiger partial charge in [-0.25, -0.2) is 4.79 Å². The second-order valence-electron chi connectivity index (χ2n) is 5.50. The lowest BCUT2D eigenvalue weighted by Crippen LogP contribution is -2.47. The van der Waals surface area contributed by atoms with Crippen molar-refractivity contribution in [1.29, 1.82) is 0 Å². The Morgan fingerprint density at radius 2 is 2.00 bits per heavy atom. The van der Waals surface area contributed by atoms with Gasteiger partial charge in [-0.2, -0.15) is 0 Å². The fourth-order valence-electron chi connectivity index (χ4n) is 2.68. The normalized spacial score (nSPS) is 17.1. The zero-order chi connectivity index (χ0) is 15.7. The average molecular weight is 299 g/mol. The molecule has 6 heteroatoms. The van der Waals surface area contributed by atoms with Crippen LogP contribution in [0.3, 0.4) is 0 Å². The van der Waals surface area contributed by atoms with Crippen LogP contribution in [-0.2, 0) is 11.3 Å². The molecule has 1 aromatic carbocycles. The number of carbonyl (C=O) groups is 1. The maximum Gasteiger partial charge on any atom is 0.328 e. The van der Waals surface area contributed by atoms with Gasteiger partial charge in [-0.15, -0.1) is 0 Å². The van der Waals surface area contributed by atoms with Crippen LogP contribution in [0.2, 0.25) is 0 Å². The Balaban J connectivity index is 1.77. The molecule has 114 valence electrons. The van der Waals surface area contributed by atoms with Crippen molar-refractivity contribution in [3.8, 4) is 0 Å². The highest BCUT2D eigenvalue weighted by molar-refractivity contribution is 5.77. The number of aromatic amines is 1. The summed E-state index contributed by atoms with van der Waals surface area (Å²) >= 11 is 0. The first-order valence-electron chi connectivity index (χ1n) is 7.21. The molecule has 3 rings (SSSR count). The van der Waals surface area contributed by atoms with Gasteiger partial charge in [-0.05, 0) is 18.9 Å². The lowest BCUT2D eigenvalue weighted by atomic mass is 9.94. The molecule has 22 heavy (non-hydrogen) atoms. The number of benzene rings is 1. The van der Waals surface area contributed by atoms with Crippen molar-refractivity contribution in [2.75, 3.05) is 6.54 Å². The van der Waals surface area contributed by atoms with E-state index in [1.54, 1.807) is 11.8 Å². The first-order valence-corrected chi connectivity index (χ1v) is 7.21. The van der Waals surface area contributed by atoms with E-state index in [2.05, 4.69) is 4.98 Å². The van der Waals surface area contributed by atoms with Crippen LogP contribution < -0.4 is 11.2 Å². The molecule has 1 amide bonds. The predicted octanol–water partition coefficient (Wildman–Crippen LogP) is 0.819. The van der Waals surface area contributed by atoms with E-state index < -0.39 is 11.2 Å². The quantitative estimate of drug-likeness (QED) is 0.911. The van der Waals surface area contributed by atoms with Crippen molar-refractivity contribution < 1.29 is 4.79 Å². The summed E-state index contributed by atoms with van der Waals surface area (Å²) in [5.74, 6) is -0.117. The highest BCUT2D eigenvalue weighted by Gasteiger charge is 2.33. The number of hydrogen-bond donors (Lipinski definition) is 1. The Hall–Kier alpha value is -2.63. The number of aromatic nitrogens is 2. The van der Waals surface area contributed by atoms with Gasteiger partial charge in [-0.1, -0.05) is 30.3 Å². The van der Waals surface area contributed by atoms with E-state index in [1.807, 2.05) is 30.3 Å². The maximum atomic E-state index is 12.4. The van der Waals surface area contributed by atoms with E-state index in [0.29, 0.717) is 12.1 Å². The predicted molar refractivity (Wildman–Crippen MR) is 81.6 cm³/mol. The minimum atomic E-state index is -0.555. The summed E-state index contributed by atoms with van der Waals surface area (Å²) in [6, 6.07) is 9.92. The second-order valence-corrected chi connectivity index (χ2v) is 5.50. The Labute approximate surface area is 127 Å². The van der Waals surface area contributed by atoms with Crippen molar-refractivity contribution in [2.24, 2.45) is 0 Å². The van der Waals surface area contributed by atoms with E-state index in [0.717, 1.165) is 12.0 Å². The topological polar surface area (TPSA) is 75.2 Å². The van der Waals surface area contributed by atoms with Crippen molar-refractivity contribution in [1.82, 2.24) is 14.5 Å². The average Bonchev–Trinajstić information content (AvgIpc) is 2.44. The monoisotopic (exact) mass is 299 g/mol. The smallest absolute Gasteiger partial charge is 0.328 e. The number of carbonyl (C=O) groups excluding carboxylic acids is 1. The molecule has 6 nitrogen and oxygen atoms in total. The van der Waals surface area contributed by atoms with Gasteiger partial charge in [0.1, 0.15) is 6.54 Å². The lowest BCUT2D eigenvalue weighted by molar-refractivity contribution is -0.139. The van der Waals surface area contributed by atoms with Crippen LogP contribution >= 0.6 is 0 Å². The van der Waals surface area contributed by atoms with Gasteiger partial charge in [0, 0.05) is 18.3 Å². The van der Waals surface area contributed by atoms with Gasteiger partial charge >= 0.3 is 5.69 Å². The molecule has 1 saturated heterocycles. The first-order chi connectivity index (χ1) is 10.6. The number of H-pyrrole nitrogens is 1. The minimum Gasteiger partial charge on any atom is -0.334 e. The van der Waals surface area contributed by atoms with Crippen LogP contribution in [0.1, 0.15) is 23.6 Å². The molecule has 1 N–H and O–H groups in total. The number of rotatable bonds is 3. The Kier molecular flexibility index (Phi) is 3.66. The Bertz CT molecular complexity index is 807. The van der Waals surface area contributed by atoms with Gasteiger partial charge in [-0.3, -0.25) is 19.1 Å². The summed E-state index contributed by atoms with van der Waals surface area (Å²) in [4.78, 5) is 39.5. The molecule has 0 radical (unpaired) electrons. The summed E-state index contributed by atoms with van der Waals surface area (Å²) < 4.78 is 1.25. The Morgan fingerprint density at radius 1 is 1.27 bits per heavy atom. The lowest BCUT2D eigenvalue weighted by Gasteiger charge is -2.41. The van der Waals surface area contributed by atoms with Gasteiger partial charge in [0.2, 0.25) is 5.91 Å². The summed E-state index contributed by atoms with van der Waals surface area (Å²) in [5, 5.41) is 0. The second kappa shape index (κ2) is 5.63. The minimum absolute atomic E-state index is 0.0558. The Morgan fingerprint density at radius 3 is 2.64 bits per heavy atom. The fraction of sp³-hybridized carbons (Fsp3) is 0.312. The van der Waals surface area contributed by atoms with Crippen molar-refractivity contribution in [3.05, 3.63) is 68.5 Å². The molecule has 1 unspecified atom stereocenters. The molecule has 0 saturated carbocycles. The molecule has 0 spiro atoms. The number of nitrogens with zero attached hydrogens (tertiary/aromatic N) is 2. The molecule has 1 atom stereocenters. The van der Waals surface area contributed by atoms with Crippen LogP contribution in [0, 0.1) is 6.92 Å². The van der Waals surface area contributed by atoms with Crippen LogP contribution in [0.25, 0.3) is 0 Å². The summed E-state index contributed by atoms with van der Waals surface area (Å²) in [6.45, 7) is 2.24. The molecule has 2 aromatic rings. The third-order valence-electron chi connectivity index (χ3n) is 4.02. The zero-order valence-electron chi connectivity index (χ0n) is 12.3. The third-order valence-corrected chi connectivity index (χ3v) is 4.02. The largest absolute Gasteiger partial charge is 0.334 e. The summed E-state index contributed by atoms with van der Waals surface area (Å²) in [7, 11) is 0. The van der Waals surface area contributed by atoms with E-state index in [9.17, 15) is 14.4 Å². The molecule has 2 heterocycles. The van der Waals surface area contributed by atoms with E-state index in [-0.39, 0.29) is 18.5 Å². The number of likely N-dealkylation sites (tertiary alicyclic amines) is 1. The molecule has 1 aromatic heterocycles. The van der Waals surface area contributed by atoms with Gasteiger partial charge in [0.05, 0.1) is 6.04 Å². The van der Waals surface area contributed by atoms with Gasteiger partial charge in [0.15, 0.2) is 0 Å². The zero-order valence-corrected chi connectivity index (χ0v) is 12.3. The highest BCUT2D eigenvalue weighted by atomic mass is 16.2. The van der Waals surface area contributed by atoms with Crippen LogP contribution in [0.15, 0.2) is 46.1 Å². The first kappa shape index (κ1) is 14.3. The molecule has 0 aliphatic carbocycles. The molecule has 1 fully saturated rings. The SMILES string of the molecule is Cc1cn(CC(=O)N2CCC2c2ccccc2)c(=O)[nH]c1=O. The molecular formula is C16H17N3O3. The van der Waals surface area contributed by atoms with E-state index in [1.165, 1.54) is 10.8 Å². The number of hydrogen-bond acceptors (Lipinski definition) is 3. The van der Waals surface area contributed by atoms with E-state index in [4.69, 9.17) is 0 Å². The molecule has 0 bridgehead atoms. The van der Waals surface area contributed by atoms with Crippen molar-refractivity contribution in [3.63, 3.8) is 0 Å². The molecule has 1 aliphatic heterocycles. The van der Waals surface area contributed by atoms with Gasteiger partial charge < -0.3 is 4.90 Å². The van der Waals surface area contributed by atoms with Crippen LogP contribution in [0.4, 0.5) is 0 Å². The van der Waals surface area contributed by atoms with Crippen molar-refractivity contribution >= 4 is 5.91 Å². The standard InChI is InChI=1S/C16H17N3O3/c1-11-9-18(16(22)17-15(11)21)10-14(20)19-8-7-13(19)12-5-3-2-4-6-12/h2-6,9,13H,7-8,10H2,1H3,(H,17,21,22). The van der Waals surface area contributed by atoms with Gasteiger partial charge in [0.25, 0.3) is 5.56 Å². The molecule has 1 aliphatic rings. The van der Waals surface area contributed by atoms with Crippen LogP contribution in [-0.4, -0.2) is 26.9 Å².